The Bertz CT molecular complexity index is 962. The van der Waals surface area contributed by atoms with E-state index in [9.17, 15) is 18.4 Å². The summed E-state index contributed by atoms with van der Waals surface area (Å²) in [6, 6.07) is 12.4. The number of fused-ring (bicyclic) bond motifs is 1. The maximum Gasteiger partial charge on any atom is 0.387 e. The fourth-order valence-electron chi connectivity index (χ4n) is 3.45. The molecule has 1 N–H and O–H groups in total. The number of benzene rings is 2. The predicted octanol–water partition coefficient (Wildman–Crippen LogP) is 3.49. The molecule has 0 unspecified atom stereocenters. The Hall–Kier alpha value is -3.42. The van der Waals surface area contributed by atoms with Crippen LogP contribution in [0.5, 0.6) is 11.5 Å². The summed E-state index contributed by atoms with van der Waals surface area (Å²) in [5.74, 6) is -0.479. The maximum absolute atomic E-state index is 12.5. The highest BCUT2D eigenvalue weighted by Gasteiger charge is 2.20. The Balaban J connectivity index is 1.50. The molecule has 3 rings (SSSR count). The summed E-state index contributed by atoms with van der Waals surface area (Å²) in [5, 5.41) is 2.70. The number of alkyl halides is 2. The van der Waals surface area contributed by atoms with Crippen LogP contribution in [-0.2, 0) is 22.4 Å². The largest absolute Gasteiger partial charge is 0.493 e. The second-order valence-corrected chi connectivity index (χ2v) is 6.96. The summed E-state index contributed by atoms with van der Waals surface area (Å²) in [6.07, 6.45) is 4.77. The Labute approximate surface area is 179 Å². The number of nitrogens with zero attached hydrogens (tertiary/aromatic N) is 1. The summed E-state index contributed by atoms with van der Waals surface area (Å²) in [4.78, 5) is 26.3. The molecule has 31 heavy (non-hydrogen) atoms. The van der Waals surface area contributed by atoms with E-state index in [2.05, 4.69) is 10.1 Å². The second kappa shape index (κ2) is 10.6. The SMILES string of the molecule is COc1cc(CCNC(=O)/C=C/C(=O)N2CCCc3ccccc32)ccc1OC(F)F. The van der Waals surface area contributed by atoms with Crippen LogP contribution < -0.4 is 19.7 Å². The molecular weight excluding hydrogens is 406 g/mol. The van der Waals surface area contributed by atoms with Crippen LogP contribution in [0.15, 0.2) is 54.6 Å². The van der Waals surface area contributed by atoms with Crippen molar-refractivity contribution >= 4 is 17.5 Å². The first-order chi connectivity index (χ1) is 15.0. The van der Waals surface area contributed by atoms with Gasteiger partial charge in [0.15, 0.2) is 11.5 Å². The zero-order valence-electron chi connectivity index (χ0n) is 17.1. The van der Waals surface area contributed by atoms with Crippen LogP contribution in [0.1, 0.15) is 17.5 Å². The summed E-state index contributed by atoms with van der Waals surface area (Å²) in [6.45, 7) is -2.01. The van der Waals surface area contributed by atoms with E-state index in [0.717, 1.165) is 29.7 Å². The van der Waals surface area contributed by atoms with E-state index in [1.54, 1.807) is 17.0 Å². The Kier molecular flexibility index (Phi) is 7.59. The van der Waals surface area contributed by atoms with E-state index in [4.69, 9.17) is 4.74 Å². The minimum atomic E-state index is -2.94. The van der Waals surface area contributed by atoms with Gasteiger partial charge in [0, 0.05) is 30.9 Å². The number of carbonyl (C=O) groups is 2. The number of rotatable bonds is 8. The molecule has 2 amide bonds. The molecule has 0 radical (unpaired) electrons. The van der Waals surface area contributed by atoms with Gasteiger partial charge in [0.1, 0.15) is 0 Å². The lowest BCUT2D eigenvalue weighted by Crippen LogP contribution is -2.34. The van der Waals surface area contributed by atoms with Crippen molar-refractivity contribution < 1.29 is 27.8 Å². The molecule has 1 aliphatic rings. The van der Waals surface area contributed by atoms with Crippen LogP contribution in [-0.4, -0.2) is 38.6 Å². The van der Waals surface area contributed by atoms with Gasteiger partial charge in [0.2, 0.25) is 5.91 Å². The molecule has 0 fully saturated rings. The number of methoxy groups -OCH3 is 1. The van der Waals surface area contributed by atoms with Crippen LogP contribution >= 0.6 is 0 Å². The van der Waals surface area contributed by atoms with Gasteiger partial charge in [-0.3, -0.25) is 9.59 Å². The molecule has 2 aromatic carbocycles. The van der Waals surface area contributed by atoms with Crippen LogP contribution in [0, 0.1) is 0 Å². The zero-order chi connectivity index (χ0) is 22.2. The number of hydrogen-bond acceptors (Lipinski definition) is 4. The monoisotopic (exact) mass is 430 g/mol. The highest BCUT2D eigenvalue weighted by atomic mass is 19.3. The van der Waals surface area contributed by atoms with Crippen molar-refractivity contribution in [3.63, 3.8) is 0 Å². The minimum absolute atomic E-state index is 0.0500. The average Bonchev–Trinajstić information content (AvgIpc) is 2.77. The first kappa shape index (κ1) is 22.3. The van der Waals surface area contributed by atoms with Crippen molar-refractivity contribution in [1.82, 2.24) is 5.32 Å². The van der Waals surface area contributed by atoms with Gasteiger partial charge >= 0.3 is 6.61 Å². The lowest BCUT2D eigenvalue weighted by atomic mass is 10.0. The molecule has 2 aromatic rings. The smallest absolute Gasteiger partial charge is 0.387 e. The number of carbonyl (C=O) groups excluding carboxylic acids is 2. The number of hydrogen-bond donors (Lipinski definition) is 1. The van der Waals surface area contributed by atoms with Crippen molar-refractivity contribution in [1.29, 1.82) is 0 Å². The van der Waals surface area contributed by atoms with Crippen LogP contribution in [0.4, 0.5) is 14.5 Å². The van der Waals surface area contributed by atoms with Crippen molar-refractivity contribution in [3.8, 4) is 11.5 Å². The third-order valence-corrected chi connectivity index (χ3v) is 4.91. The second-order valence-electron chi connectivity index (χ2n) is 6.96. The van der Waals surface area contributed by atoms with Crippen LogP contribution in [0.2, 0.25) is 0 Å². The normalized spacial score (nSPS) is 13.2. The number of ether oxygens (including phenoxy) is 2. The van der Waals surface area contributed by atoms with Gasteiger partial charge in [-0.15, -0.1) is 0 Å². The van der Waals surface area contributed by atoms with Gasteiger partial charge in [-0.1, -0.05) is 24.3 Å². The molecule has 0 saturated heterocycles. The number of anilines is 1. The molecule has 0 bridgehead atoms. The van der Waals surface area contributed by atoms with E-state index in [-0.39, 0.29) is 23.3 Å². The maximum atomic E-state index is 12.5. The Morgan fingerprint density at radius 1 is 1.16 bits per heavy atom. The molecule has 0 saturated carbocycles. The molecule has 0 aliphatic carbocycles. The van der Waals surface area contributed by atoms with Crippen molar-refractivity contribution in [2.75, 3.05) is 25.1 Å². The molecule has 0 aromatic heterocycles. The fourth-order valence-corrected chi connectivity index (χ4v) is 3.45. The van der Waals surface area contributed by atoms with Crippen LogP contribution in [0.25, 0.3) is 0 Å². The summed E-state index contributed by atoms with van der Waals surface area (Å²) >= 11 is 0. The molecular formula is C23H24F2N2O4. The molecule has 1 heterocycles. The van der Waals surface area contributed by atoms with Crippen molar-refractivity contribution in [3.05, 3.63) is 65.7 Å². The molecule has 8 heteroatoms. The molecule has 6 nitrogen and oxygen atoms in total. The van der Waals surface area contributed by atoms with E-state index >= 15 is 0 Å². The van der Waals surface area contributed by atoms with Crippen molar-refractivity contribution in [2.45, 2.75) is 25.9 Å². The number of aryl methyl sites for hydroxylation is 1. The fraction of sp³-hybridized carbons (Fsp3) is 0.304. The first-order valence-corrected chi connectivity index (χ1v) is 9.95. The van der Waals surface area contributed by atoms with Gasteiger partial charge in [-0.2, -0.15) is 8.78 Å². The van der Waals surface area contributed by atoms with Gasteiger partial charge in [-0.25, -0.2) is 0 Å². The van der Waals surface area contributed by atoms with E-state index in [0.29, 0.717) is 19.5 Å². The standard InChI is InChI=1S/C23H24F2N2O4/c1-30-20-15-16(8-9-19(20)31-23(24)25)12-13-26-21(28)10-11-22(29)27-14-4-6-17-5-2-3-7-18(17)27/h2-3,5,7-11,15,23H,4,6,12-14H2,1H3,(H,26,28)/b11-10+. The van der Waals surface area contributed by atoms with Crippen molar-refractivity contribution in [2.24, 2.45) is 0 Å². The summed E-state index contributed by atoms with van der Waals surface area (Å²) in [7, 11) is 1.36. The molecule has 0 spiro atoms. The number of amides is 2. The zero-order valence-corrected chi connectivity index (χ0v) is 17.1. The Morgan fingerprint density at radius 2 is 1.97 bits per heavy atom. The first-order valence-electron chi connectivity index (χ1n) is 9.95. The quantitative estimate of drug-likeness (QED) is 0.651. The number of para-hydroxylation sites is 1. The molecule has 164 valence electrons. The number of halogens is 2. The third kappa shape index (κ3) is 6.04. The topological polar surface area (TPSA) is 67.9 Å². The number of nitrogens with one attached hydrogen (secondary N) is 1. The Morgan fingerprint density at radius 3 is 2.74 bits per heavy atom. The summed E-state index contributed by atoms with van der Waals surface area (Å²) < 4.78 is 34.2. The van der Waals surface area contributed by atoms with Gasteiger partial charge in [0.05, 0.1) is 7.11 Å². The lowest BCUT2D eigenvalue weighted by Gasteiger charge is -2.28. The third-order valence-electron chi connectivity index (χ3n) is 4.91. The molecule has 1 aliphatic heterocycles. The minimum Gasteiger partial charge on any atom is -0.493 e. The lowest BCUT2D eigenvalue weighted by molar-refractivity contribution is -0.117. The summed E-state index contributed by atoms with van der Waals surface area (Å²) in [5.41, 5.74) is 2.79. The van der Waals surface area contributed by atoms with E-state index in [1.807, 2.05) is 24.3 Å². The van der Waals surface area contributed by atoms with E-state index < -0.39 is 6.61 Å². The molecule has 0 atom stereocenters. The predicted molar refractivity (Wildman–Crippen MR) is 113 cm³/mol. The highest BCUT2D eigenvalue weighted by molar-refractivity contribution is 6.05. The van der Waals surface area contributed by atoms with Crippen LogP contribution in [0.3, 0.4) is 0 Å². The van der Waals surface area contributed by atoms with E-state index in [1.165, 1.54) is 25.3 Å². The van der Waals surface area contributed by atoms with Gasteiger partial charge in [-0.05, 0) is 48.6 Å². The van der Waals surface area contributed by atoms with Gasteiger partial charge < -0.3 is 19.7 Å². The van der Waals surface area contributed by atoms with Gasteiger partial charge in [0.25, 0.3) is 5.91 Å². The average molecular weight is 430 g/mol. The highest BCUT2D eigenvalue weighted by Crippen LogP contribution is 2.29.